The molecule has 4 atom stereocenters. The van der Waals surface area contributed by atoms with Crippen molar-refractivity contribution in [1.82, 2.24) is 4.90 Å². The first-order valence-electron chi connectivity index (χ1n) is 11.4. The largest absolute Gasteiger partial charge is 0.497 e. The van der Waals surface area contributed by atoms with E-state index in [9.17, 15) is 9.59 Å². The van der Waals surface area contributed by atoms with E-state index >= 15 is 0 Å². The van der Waals surface area contributed by atoms with E-state index in [-0.39, 0.29) is 35.7 Å². The molecule has 1 aromatic rings. The maximum absolute atomic E-state index is 12.4. The van der Waals surface area contributed by atoms with Gasteiger partial charge in [0.25, 0.3) is 0 Å². The zero-order valence-electron chi connectivity index (χ0n) is 19.6. The molecule has 1 aromatic carbocycles. The highest BCUT2D eigenvalue weighted by Gasteiger charge is 2.57. The zero-order chi connectivity index (χ0) is 23.0. The maximum atomic E-state index is 12.4. The van der Waals surface area contributed by atoms with Crippen LogP contribution in [0.2, 0.25) is 0 Å². The van der Waals surface area contributed by atoms with E-state index in [1.165, 1.54) is 0 Å². The van der Waals surface area contributed by atoms with E-state index in [2.05, 4.69) is 24.1 Å². The van der Waals surface area contributed by atoms with Crippen LogP contribution in [0.5, 0.6) is 11.5 Å². The fourth-order valence-corrected chi connectivity index (χ4v) is 5.79. The summed E-state index contributed by atoms with van der Waals surface area (Å²) in [5, 5.41) is 0. The molecule has 2 bridgehead atoms. The van der Waals surface area contributed by atoms with E-state index in [4.69, 9.17) is 18.9 Å². The summed E-state index contributed by atoms with van der Waals surface area (Å²) < 4.78 is 23.1. The van der Waals surface area contributed by atoms with Crippen molar-refractivity contribution in [2.75, 3.05) is 27.8 Å². The number of ether oxygens (including phenoxy) is 4. The van der Waals surface area contributed by atoms with E-state index in [0.29, 0.717) is 30.1 Å². The molecule has 4 rings (SSSR count). The van der Waals surface area contributed by atoms with Gasteiger partial charge in [-0.05, 0) is 44.1 Å². The molecule has 7 nitrogen and oxygen atoms in total. The van der Waals surface area contributed by atoms with Gasteiger partial charge in [0.1, 0.15) is 5.76 Å². The van der Waals surface area contributed by atoms with E-state index in [1.54, 1.807) is 28.1 Å². The van der Waals surface area contributed by atoms with E-state index in [0.717, 1.165) is 30.5 Å². The number of likely N-dealkylation sites (N-methyl/N-ethyl adjacent to an activating group) is 1. The predicted molar refractivity (Wildman–Crippen MR) is 119 cm³/mol. The molecular weight excluding hydrogens is 410 g/mol. The molecule has 0 saturated carbocycles. The molecule has 1 saturated heterocycles. The van der Waals surface area contributed by atoms with Crippen LogP contribution in [0.25, 0.3) is 0 Å². The summed E-state index contributed by atoms with van der Waals surface area (Å²) in [6.45, 7) is 4.48. The molecule has 0 spiro atoms. The molecule has 0 radical (unpaired) electrons. The lowest BCUT2D eigenvalue weighted by atomic mass is 9.53. The van der Waals surface area contributed by atoms with Gasteiger partial charge in [0.05, 0.1) is 14.2 Å². The number of carbonyl (C=O) groups excluding carboxylic acids is 2. The van der Waals surface area contributed by atoms with Gasteiger partial charge in [-0.3, -0.25) is 9.59 Å². The summed E-state index contributed by atoms with van der Waals surface area (Å²) in [6.07, 6.45) is 4.54. The van der Waals surface area contributed by atoms with Gasteiger partial charge in [-0.25, -0.2) is 0 Å². The molecule has 32 heavy (non-hydrogen) atoms. The Hall–Kier alpha value is -2.54. The van der Waals surface area contributed by atoms with Crippen molar-refractivity contribution in [3.8, 4) is 11.5 Å². The van der Waals surface area contributed by atoms with Crippen molar-refractivity contribution in [2.24, 2.45) is 5.92 Å². The minimum atomic E-state index is -0.473. The molecule has 174 valence electrons. The number of hydrogen-bond acceptors (Lipinski definition) is 7. The Kier molecular flexibility index (Phi) is 6.21. The number of likely N-dealkylation sites (tertiary alicyclic amines) is 1. The van der Waals surface area contributed by atoms with Gasteiger partial charge in [-0.2, -0.15) is 0 Å². The number of rotatable bonds is 6. The van der Waals surface area contributed by atoms with Gasteiger partial charge in [-0.15, -0.1) is 0 Å². The Labute approximate surface area is 189 Å². The lowest BCUT2D eigenvalue weighted by Gasteiger charge is -2.58. The molecule has 1 unspecified atom stereocenters. The van der Waals surface area contributed by atoms with Crippen LogP contribution in [0.4, 0.5) is 0 Å². The van der Waals surface area contributed by atoms with Crippen LogP contribution in [0.15, 0.2) is 24.0 Å². The molecule has 7 heteroatoms. The SMILES string of the molecule is CCC(=O)Oc1c(OC)ccc2c1[C@@]13CCN(C)[C@@H](C2)[C@@H]1C=C(OC)C(OC(=O)CC)C3. The quantitative estimate of drug-likeness (QED) is 0.493. The molecule has 1 fully saturated rings. The normalized spacial score (nSPS) is 28.7. The van der Waals surface area contributed by atoms with Gasteiger partial charge in [-0.1, -0.05) is 19.9 Å². The second-order valence-corrected chi connectivity index (χ2v) is 8.95. The van der Waals surface area contributed by atoms with Crippen LogP contribution < -0.4 is 9.47 Å². The number of nitrogens with zero attached hydrogens (tertiary/aromatic N) is 1. The Morgan fingerprint density at radius 2 is 1.88 bits per heavy atom. The van der Waals surface area contributed by atoms with Gasteiger partial charge >= 0.3 is 11.9 Å². The van der Waals surface area contributed by atoms with Crippen LogP contribution in [0, 0.1) is 5.92 Å². The molecule has 0 N–H and O–H groups in total. The average Bonchev–Trinajstić information content (AvgIpc) is 2.80. The van der Waals surface area contributed by atoms with Gasteiger partial charge in [0, 0.05) is 42.2 Å². The van der Waals surface area contributed by atoms with Gasteiger partial charge < -0.3 is 23.8 Å². The first kappa shape index (κ1) is 22.6. The maximum Gasteiger partial charge on any atom is 0.311 e. The minimum absolute atomic E-state index is 0.145. The third-order valence-electron chi connectivity index (χ3n) is 7.40. The van der Waals surface area contributed by atoms with Crippen molar-refractivity contribution < 1.29 is 28.5 Å². The number of hydrogen-bond donors (Lipinski definition) is 0. The fraction of sp³-hybridized carbons (Fsp3) is 0.600. The number of benzene rings is 1. The molecule has 0 aromatic heterocycles. The molecular formula is C25H33NO6. The first-order valence-corrected chi connectivity index (χ1v) is 11.4. The highest BCUT2D eigenvalue weighted by Crippen LogP contribution is 2.59. The standard InChI is InChI=1S/C25H33NO6/c1-6-21(27)31-20-14-25-10-11-26(3)17(16(25)13-19(20)30-5)12-15-8-9-18(29-4)24(23(15)25)32-22(28)7-2/h8-9,13,16-17,20H,6-7,10-12,14H2,1-5H3/t16-,17-,20?,25+/m0/s1. The third-order valence-corrected chi connectivity index (χ3v) is 7.40. The number of carbonyl (C=O) groups is 2. The van der Waals surface area contributed by atoms with Crippen molar-refractivity contribution in [3.05, 3.63) is 35.1 Å². The minimum Gasteiger partial charge on any atom is -0.497 e. The molecule has 0 amide bonds. The Balaban J connectivity index is 1.91. The van der Waals surface area contributed by atoms with Crippen LogP contribution in [0.1, 0.15) is 50.7 Å². The van der Waals surface area contributed by atoms with Crippen LogP contribution >= 0.6 is 0 Å². The second-order valence-electron chi connectivity index (χ2n) is 8.95. The predicted octanol–water partition coefficient (Wildman–Crippen LogP) is 3.38. The Morgan fingerprint density at radius 1 is 1.12 bits per heavy atom. The van der Waals surface area contributed by atoms with Crippen molar-refractivity contribution in [1.29, 1.82) is 0 Å². The van der Waals surface area contributed by atoms with Crippen molar-refractivity contribution in [3.63, 3.8) is 0 Å². The lowest BCUT2D eigenvalue weighted by molar-refractivity contribution is -0.151. The third kappa shape index (κ3) is 3.56. The lowest BCUT2D eigenvalue weighted by Crippen LogP contribution is -2.61. The summed E-state index contributed by atoms with van der Waals surface area (Å²) >= 11 is 0. The highest BCUT2D eigenvalue weighted by atomic mass is 16.6. The summed E-state index contributed by atoms with van der Waals surface area (Å²) in [5.41, 5.74) is 1.84. The first-order chi connectivity index (χ1) is 15.4. The summed E-state index contributed by atoms with van der Waals surface area (Å²) in [6, 6.07) is 4.26. The average molecular weight is 444 g/mol. The molecule has 2 aliphatic carbocycles. The number of piperidine rings is 1. The van der Waals surface area contributed by atoms with Gasteiger partial charge in [0.2, 0.25) is 0 Å². The summed E-state index contributed by atoms with van der Waals surface area (Å²) in [4.78, 5) is 27.0. The molecule has 1 aliphatic heterocycles. The number of fused-ring (bicyclic) bond motifs is 1. The van der Waals surface area contributed by atoms with E-state index < -0.39 is 6.10 Å². The number of esters is 2. The smallest absolute Gasteiger partial charge is 0.311 e. The van der Waals surface area contributed by atoms with Crippen molar-refractivity contribution in [2.45, 2.75) is 63.5 Å². The molecule has 1 heterocycles. The number of methoxy groups -OCH3 is 2. The van der Waals surface area contributed by atoms with Crippen LogP contribution in [-0.2, 0) is 30.9 Å². The zero-order valence-corrected chi connectivity index (χ0v) is 19.6. The summed E-state index contributed by atoms with van der Waals surface area (Å²) in [7, 11) is 5.38. The topological polar surface area (TPSA) is 74.3 Å². The van der Waals surface area contributed by atoms with Crippen LogP contribution in [-0.4, -0.2) is 56.8 Å². The second kappa shape index (κ2) is 8.77. The van der Waals surface area contributed by atoms with E-state index in [1.807, 2.05) is 6.07 Å². The van der Waals surface area contributed by atoms with Crippen LogP contribution in [0.3, 0.4) is 0 Å². The van der Waals surface area contributed by atoms with Gasteiger partial charge in [0.15, 0.2) is 17.6 Å². The Bertz CT molecular complexity index is 941. The summed E-state index contributed by atoms with van der Waals surface area (Å²) in [5.74, 6) is 1.37. The highest BCUT2D eigenvalue weighted by molar-refractivity contribution is 5.75. The monoisotopic (exact) mass is 443 g/mol. The molecule has 3 aliphatic rings. The fourth-order valence-electron chi connectivity index (χ4n) is 5.79. The van der Waals surface area contributed by atoms with Crippen molar-refractivity contribution >= 4 is 11.9 Å². The Morgan fingerprint density at radius 3 is 2.53 bits per heavy atom.